The molecule has 0 aromatic heterocycles. The number of fused-ring (bicyclic) bond motifs is 2. The molecular weight excluding hydrogens is 444 g/mol. The Hall–Kier alpha value is -3.11. The maximum Gasteiger partial charge on any atom is 0.258 e. The van der Waals surface area contributed by atoms with Crippen LogP contribution in [-0.4, -0.2) is 37.6 Å². The standard InChI is InChI=1S/C32H38N2O2/c1-23-6-10-25(11-7-23)30(35)34-22-32(28-20-27(36-5)14-15-29(28)34)16-18-33(19-17-32)21-24-8-12-26(13-9-24)31(2,3)4/h6-15,20H,16-19,21-22H2,1-5H3. The van der Waals surface area contributed by atoms with Crippen molar-refractivity contribution in [3.63, 3.8) is 0 Å². The summed E-state index contributed by atoms with van der Waals surface area (Å²) in [6, 6.07) is 23.2. The van der Waals surface area contributed by atoms with Crippen LogP contribution in [0.4, 0.5) is 5.69 Å². The summed E-state index contributed by atoms with van der Waals surface area (Å²) in [5, 5.41) is 0. The SMILES string of the molecule is COc1ccc2c(c1)C1(CCN(Cc3ccc(C(C)(C)C)cc3)CC1)CN2C(=O)c1ccc(C)cc1. The molecule has 2 aliphatic heterocycles. The second-order valence-corrected chi connectivity index (χ2v) is 11.6. The van der Waals surface area contributed by atoms with E-state index < -0.39 is 0 Å². The molecule has 4 nitrogen and oxygen atoms in total. The number of amides is 1. The van der Waals surface area contributed by atoms with Gasteiger partial charge in [0.1, 0.15) is 5.75 Å². The van der Waals surface area contributed by atoms with Gasteiger partial charge in [0, 0.05) is 29.8 Å². The van der Waals surface area contributed by atoms with Gasteiger partial charge >= 0.3 is 0 Å². The smallest absolute Gasteiger partial charge is 0.258 e. The molecule has 36 heavy (non-hydrogen) atoms. The zero-order valence-corrected chi connectivity index (χ0v) is 22.3. The van der Waals surface area contributed by atoms with Gasteiger partial charge in [0.2, 0.25) is 0 Å². The van der Waals surface area contributed by atoms with Gasteiger partial charge in [-0.3, -0.25) is 9.69 Å². The van der Waals surface area contributed by atoms with Crippen molar-refractivity contribution in [3.05, 3.63) is 94.5 Å². The maximum atomic E-state index is 13.6. The predicted molar refractivity (Wildman–Crippen MR) is 147 cm³/mol. The van der Waals surface area contributed by atoms with Crippen molar-refractivity contribution in [2.24, 2.45) is 0 Å². The molecule has 1 fully saturated rings. The minimum Gasteiger partial charge on any atom is -0.497 e. The van der Waals surface area contributed by atoms with Gasteiger partial charge in [0.05, 0.1) is 7.11 Å². The van der Waals surface area contributed by atoms with Gasteiger partial charge < -0.3 is 9.64 Å². The minimum absolute atomic E-state index is 0.0309. The summed E-state index contributed by atoms with van der Waals surface area (Å²) in [5.41, 5.74) is 7.09. The Labute approximate surface area is 215 Å². The van der Waals surface area contributed by atoms with Crippen LogP contribution in [0.3, 0.4) is 0 Å². The van der Waals surface area contributed by atoms with E-state index in [4.69, 9.17) is 4.74 Å². The summed E-state index contributed by atoms with van der Waals surface area (Å²) >= 11 is 0. The fraction of sp³-hybridized carbons (Fsp3) is 0.406. The highest BCUT2D eigenvalue weighted by Crippen LogP contribution is 2.48. The number of methoxy groups -OCH3 is 1. The number of piperidine rings is 1. The number of benzene rings is 3. The third-order valence-corrected chi connectivity index (χ3v) is 8.11. The topological polar surface area (TPSA) is 32.8 Å². The van der Waals surface area contributed by atoms with E-state index in [9.17, 15) is 4.79 Å². The number of carbonyl (C=O) groups excluding carboxylic acids is 1. The van der Waals surface area contributed by atoms with Crippen LogP contribution in [-0.2, 0) is 17.4 Å². The Kier molecular flexibility index (Phi) is 6.42. The molecule has 0 aliphatic carbocycles. The second kappa shape index (κ2) is 9.40. The molecule has 2 aliphatic rings. The summed E-state index contributed by atoms with van der Waals surface area (Å²) in [5.74, 6) is 0.943. The fourth-order valence-corrected chi connectivity index (χ4v) is 5.74. The van der Waals surface area contributed by atoms with Crippen molar-refractivity contribution in [2.45, 2.75) is 57.9 Å². The number of aryl methyl sites for hydroxylation is 1. The average Bonchev–Trinajstić information content (AvgIpc) is 3.18. The molecule has 1 spiro atoms. The van der Waals surface area contributed by atoms with E-state index in [1.807, 2.05) is 42.2 Å². The third kappa shape index (κ3) is 4.67. The van der Waals surface area contributed by atoms with E-state index in [-0.39, 0.29) is 16.7 Å². The maximum absolute atomic E-state index is 13.6. The van der Waals surface area contributed by atoms with Gasteiger partial charge in [0.15, 0.2) is 0 Å². The number of ether oxygens (including phenoxy) is 1. The molecule has 188 valence electrons. The van der Waals surface area contributed by atoms with Crippen LogP contribution in [0.5, 0.6) is 5.75 Å². The van der Waals surface area contributed by atoms with Gasteiger partial charge in [-0.1, -0.05) is 62.7 Å². The number of likely N-dealkylation sites (tertiary alicyclic amines) is 1. The van der Waals surface area contributed by atoms with E-state index >= 15 is 0 Å². The normalized spacial score (nSPS) is 17.3. The molecule has 0 radical (unpaired) electrons. The number of nitrogens with zero attached hydrogens (tertiary/aromatic N) is 2. The first-order valence-electron chi connectivity index (χ1n) is 13.1. The van der Waals surface area contributed by atoms with Crippen molar-refractivity contribution in [1.29, 1.82) is 0 Å². The molecule has 0 bridgehead atoms. The zero-order chi connectivity index (χ0) is 25.5. The Morgan fingerprint density at radius 3 is 2.22 bits per heavy atom. The van der Waals surface area contributed by atoms with Crippen molar-refractivity contribution >= 4 is 11.6 Å². The largest absolute Gasteiger partial charge is 0.497 e. The van der Waals surface area contributed by atoms with Gasteiger partial charge in [0.25, 0.3) is 5.91 Å². The highest BCUT2D eigenvalue weighted by molar-refractivity contribution is 6.07. The number of anilines is 1. The first-order chi connectivity index (χ1) is 17.2. The van der Waals surface area contributed by atoms with E-state index in [1.165, 1.54) is 16.7 Å². The summed E-state index contributed by atoms with van der Waals surface area (Å²) in [7, 11) is 1.71. The lowest BCUT2D eigenvalue weighted by Gasteiger charge is -2.40. The van der Waals surface area contributed by atoms with Crippen LogP contribution in [0, 0.1) is 6.92 Å². The number of hydrogen-bond donors (Lipinski definition) is 0. The quantitative estimate of drug-likeness (QED) is 0.426. The monoisotopic (exact) mass is 482 g/mol. The molecule has 0 atom stereocenters. The Bertz CT molecular complexity index is 1230. The van der Waals surface area contributed by atoms with Crippen LogP contribution in [0.2, 0.25) is 0 Å². The lowest BCUT2D eigenvalue weighted by molar-refractivity contribution is 0.0975. The molecule has 0 saturated carbocycles. The lowest BCUT2D eigenvalue weighted by Crippen LogP contribution is -2.45. The summed E-state index contributed by atoms with van der Waals surface area (Å²) in [6.07, 6.45) is 2.07. The first-order valence-corrected chi connectivity index (χ1v) is 13.1. The first kappa shape index (κ1) is 24.6. The van der Waals surface area contributed by atoms with Crippen LogP contribution >= 0.6 is 0 Å². The highest BCUT2D eigenvalue weighted by Gasteiger charge is 2.46. The minimum atomic E-state index is -0.0309. The van der Waals surface area contributed by atoms with Crippen molar-refractivity contribution in [3.8, 4) is 5.75 Å². The second-order valence-electron chi connectivity index (χ2n) is 11.6. The predicted octanol–water partition coefficient (Wildman–Crippen LogP) is 6.50. The van der Waals surface area contributed by atoms with Gasteiger partial charge in [-0.05, 0) is 85.3 Å². The van der Waals surface area contributed by atoms with Crippen LogP contribution in [0.1, 0.15) is 66.2 Å². The molecule has 4 heteroatoms. The highest BCUT2D eigenvalue weighted by atomic mass is 16.5. The van der Waals surface area contributed by atoms with Crippen LogP contribution < -0.4 is 9.64 Å². The Morgan fingerprint density at radius 1 is 0.944 bits per heavy atom. The molecule has 5 rings (SSSR count). The fourth-order valence-electron chi connectivity index (χ4n) is 5.74. The molecule has 2 heterocycles. The lowest BCUT2D eigenvalue weighted by atomic mass is 9.74. The molecule has 1 amide bonds. The van der Waals surface area contributed by atoms with E-state index in [2.05, 4.69) is 62.1 Å². The number of hydrogen-bond acceptors (Lipinski definition) is 3. The van der Waals surface area contributed by atoms with Gasteiger partial charge in [-0.25, -0.2) is 0 Å². The van der Waals surface area contributed by atoms with Crippen LogP contribution in [0.25, 0.3) is 0 Å². The number of rotatable bonds is 4. The summed E-state index contributed by atoms with van der Waals surface area (Å²) < 4.78 is 5.59. The zero-order valence-electron chi connectivity index (χ0n) is 22.3. The average molecular weight is 483 g/mol. The molecular formula is C32H38N2O2. The van der Waals surface area contributed by atoms with Gasteiger partial charge in [-0.2, -0.15) is 0 Å². The summed E-state index contributed by atoms with van der Waals surface area (Å²) in [6.45, 7) is 12.6. The van der Waals surface area contributed by atoms with Crippen molar-refractivity contribution in [1.82, 2.24) is 4.90 Å². The molecule has 3 aromatic rings. The number of carbonyl (C=O) groups is 1. The summed E-state index contributed by atoms with van der Waals surface area (Å²) in [4.78, 5) is 18.1. The van der Waals surface area contributed by atoms with Crippen LogP contribution in [0.15, 0.2) is 66.7 Å². The molecule has 0 N–H and O–H groups in total. The van der Waals surface area contributed by atoms with Crippen molar-refractivity contribution in [2.75, 3.05) is 31.6 Å². The molecule has 1 saturated heterocycles. The third-order valence-electron chi connectivity index (χ3n) is 8.11. The molecule has 0 unspecified atom stereocenters. The Balaban J connectivity index is 1.35. The molecule has 3 aromatic carbocycles. The van der Waals surface area contributed by atoms with E-state index in [1.54, 1.807) is 7.11 Å². The van der Waals surface area contributed by atoms with Crippen molar-refractivity contribution < 1.29 is 9.53 Å². The van der Waals surface area contributed by atoms with E-state index in [0.29, 0.717) is 0 Å². The van der Waals surface area contributed by atoms with Gasteiger partial charge in [-0.15, -0.1) is 0 Å². The Morgan fingerprint density at radius 2 is 1.61 bits per heavy atom. The van der Waals surface area contributed by atoms with E-state index in [0.717, 1.165) is 61.6 Å².